The van der Waals surface area contributed by atoms with Crippen LogP contribution in [-0.2, 0) is 40.2 Å². The van der Waals surface area contributed by atoms with Crippen LogP contribution in [0.3, 0.4) is 0 Å². The van der Waals surface area contributed by atoms with Gasteiger partial charge in [0.1, 0.15) is 23.6 Å². The van der Waals surface area contributed by atoms with E-state index in [0.717, 1.165) is 17.1 Å². The molecule has 3 aromatic rings. The Bertz CT molecular complexity index is 1350. The van der Waals surface area contributed by atoms with Crippen molar-refractivity contribution in [2.75, 3.05) is 13.1 Å². The van der Waals surface area contributed by atoms with Crippen molar-refractivity contribution < 1.29 is 45.0 Å². The molecule has 0 saturated carbocycles. The Morgan fingerprint density at radius 3 is 2.38 bits per heavy atom. The van der Waals surface area contributed by atoms with Crippen molar-refractivity contribution in [2.45, 2.75) is 63.8 Å². The summed E-state index contributed by atoms with van der Waals surface area (Å²) in [5, 5.41) is 6.01. The Balaban J connectivity index is 1.17. The predicted molar refractivity (Wildman–Crippen MR) is 127 cm³/mol. The molecule has 0 radical (unpaired) electrons. The van der Waals surface area contributed by atoms with Crippen LogP contribution in [-0.4, -0.2) is 38.7 Å². The number of thiazole rings is 1. The molecule has 1 saturated heterocycles. The van der Waals surface area contributed by atoms with Gasteiger partial charge in [0.05, 0.1) is 23.8 Å². The number of rotatable bonds is 6. The predicted octanol–water partition coefficient (Wildman–Crippen LogP) is 6.39. The van der Waals surface area contributed by atoms with Gasteiger partial charge in [-0.05, 0) is 42.2 Å². The van der Waals surface area contributed by atoms with E-state index in [2.05, 4.69) is 10.1 Å². The van der Waals surface area contributed by atoms with Crippen LogP contribution >= 0.6 is 11.3 Å². The minimum absolute atomic E-state index is 0.00637. The third-order valence-electron chi connectivity index (χ3n) is 6.85. The number of fused-ring (bicyclic) bond motifs is 1. The van der Waals surface area contributed by atoms with Crippen LogP contribution < -0.4 is 0 Å². The second-order valence-corrected chi connectivity index (χ2v) is 10.3. The van der Waals surface area contributed by atoms with Gasteiger partial charge >= 0.3 is 6.18 Å². The monoisotopic (exact) mass is 592 g/mol. The van der Waals surface area contributed by atoms with Gasteiger partial charge in [0, 0.05) is 24.4 Å². The molecule has 1 fully saturated rings. The summed E-state index contributed by atoms with van der Waals surface area (Å²) < 4.78 is 104. The van der Waals surface area contributed by atoms with Gasteiger partial charge in [0.15, 0.2) is 0 Å². The van der Waals surface area contributed by atoms with E-state index in [1.54, 1.807) is 5.38 Å². The van der Waals surface area contributed by atoms with Crippen molar-refractivity contribution in [3.05, 3.63) is 68.4 Å². The Morgan fingerprint density at radius 1 is 1.02 bits per heavy atom. The van der Waals surface area contributed by atoms with Crippen LogP contribution in [0.15, 0.2) is 29.6 Å². The molecule has 2 aliphatic rings. The third-order valence-corrected chi connectivity index (χ3v) is 7.88. The molecule has 4 heterocycles. The Kier molecular flexibility index (Phi) is 8.15. The van der Waals surface area contributed by atoms with Crippen molar-refractivity contribution in [3.63, 3.8) is 0 Å². The van der Waals surface area contributed by atoms with Gasteiger partial charge in [0.25, 0.3) is 12.9 Å². The van der Waals surface area contributed by atoms with Gasteiger partial charge < -0.3 is 14.4 Å². The summed E-state index contributed by atoms with van der Waals surface area (Å²) in [6.07, 6.45) is -10.3. The van der Waals surface area contributed by atoms with Gasteiger partial charge in [0.2, 0.25) is 12.2 Å². The number of ether oxygens (including phenoxy) is 2. The Labute approximate surface area is 227 Å². The van der Waals surface area contributed by atoms with Crippen molar-refractivity contribution in [2.24, 2.45) is 0 Å². The smallest absolute Gasteiger partial charge is 0.342 e. The number of piperidine rings is 1. The minimum Gasteiger partial charge on any atom is -0.342 e. The van der Waals surface area contributed by atoms with E-state index < -0.39 is 54.7 Å². The molecular weight excluding hydrogens is 569 g/mol. The van der Waals surface area contributed by atoms with Gasteiger partial charge in [-0.15, -0.1) is 11.3 Å². The lowest BCUT2D eigenvalue weighted by molar-refractivity contribution is -0.155. The SMILES string of the molecule is O=C(Cn1nc(C(F)F)cc1C(F)F)N1CCC(c2nc(C3OCc4ccc(C(F)(F)F)cc4CO3)cs2)CC1. The highest BCUT2D eigenvalue weighted by molar-refractivity contribution is 7.09. The standard InChI is InChI=1S/C25H23F7N4O3S/c26-21(27)17-8-19(22(28)29)36(34-17)9-20(37)35-5-3-13(4-6-35)23-33-18(12-40-23)24-38-10-14-1-2-16(25(30,31)32)7-15(14)11-39-24/h1-2,7-8,12-13,21-22,24H,3-6,9-11H2. The van der Waals surface area contributed by atoms with E-state index in [1.165, 1.54) is 22.3 Å². The third kappa shape index (κ3) is 6.15. The largest absolute Gasteiger partial charge is 0.416 e. The van der Waals surface area contributed by atoms with Crippen molar-refractivity contribution >= 4 is 17.2 Å². The lowest BCUT2D eigenvalue weighted by Crippen LogP contribution is -2.40. The summed E-state index contributed by atoms with van der Waals surface area (Å²) >= 11 is 1.38. The molecule has 0 spiro atoms. The normalized spacial score (nSPS) is 18.8. The maximum Gasteiger partial charge on any atom is 0.416 e. The van der Waals surface area contributed by atoms with E-state index in [4.69, 9.17) is 9.47 Å². The fraction of sp³-hybridized carbons (Fsp3) is 0.480. The van der Waals surface area contributed by atoms with E-state index in [-0.39, 0.29) is 19.1 Å². The summed E-state index contributed by atoms with van der Waals surface area (Å²) in [6, 6.07) is 4.05. The quantitative estimate of drug-likeness (QED) is 0.311. The lowest BCUT2D eigenvalue weighted by Gasteiger charge is -2.31. The molecule has 15 heteroatoms. The molecule has 0 N–H and O–H groups in total. The number of hydrogen-bond acceptors (Lipinski definition) is 6. The summed E-state index contributed by atoms with van der Waals surface area (Å²) in [5.74, 6) is -0.496. The van der Waals surface area contributed by atoms with Crippen molar-refractivity contribution in [1.82, 2.24) is 19.7 Å². The number of halogens is 7. The first-order chi connectivity index (χ1) is 19.0. The van der Waals surface area contributed by atoms with Gasteiger partial charge in [-0.3, -0.25) is 9.48 Å². The molecule has 1 atom stereocenters. The van der Waals surface area contributed by atoms with E-state index in [9.17, 15) is 35.5 Å². The average Bonchev–Trinajstić information content (AvgIpc) is 3.51. The lowest BCUT2D eigenvalue weighted by atomic mass is 9.97. The highest BCUT2D eigenvalue weighted by Gasteiger charge is 2.33. The minimum atomic E-state index is -4.46. The van der Waals surface area contributed by atoms with E-state index >= 15 is 0 Å². The molecule has 0 aliphatic carbocycles. The Hall–Kier alpha value is -3.04. The maximum absolute atomic E-state index is 13.2. The number of hydrogen-bond donors (Lipinski definition) is 0. The summed E-state index contributed by atoms with van der Waals surface area (Å²) in [7, 11) is 0. The first kappa shape index (κ1) is 28.5. The number of alkyl halides is 7. The zero-order valence-electron chi connectivity index (χ0n) is 20.7. The van der Waals surface area contributed by atoms with Crippen LogP contribution in [0.25, 0.3) is 0 Å². The maximum atomic E-state index is 13.2. The number of carbonyl (C=O) groups is 1. The van der Waals surface area contributed by atoms with Gasteiger partial charge in [-0.25, -0.2) is 22.5 Å². The van der Waals surface area contributed by atoms with Crippen molar-refractivity contribution in [1.29, 1.82) is 0 Å². The molecular formula is C25H23F7N4O3S. The van der Waals surface area contributed by atoms with Crippen LogP contribution in [0.1, 0.15) is 76.7 Å². The second kappa shape index (κ2) is 11.4. The second-order valence-electron chi connectivity index (χ2n) is 9.45. The van der Waals surface area contributed by atoms with E-state index in [1.807, 2.05) is 0 Å². The number of benzene rings is 1. The number of nitrogens with zero attached hydrogens (tertiary/aromatic N) is 4. The summed E-state index contributed by atoms with van der Waals surface area (Å²) in [5.41, 5.74) is -0.810. The van der Waals surface area contributed by atoms with Crippen LogP contribution in [0.4, 0.5) is 30.7 Å². The molecule has 1 unspecified atom stereocenters. The number of aromatic nitrogens is 3. The number of likely N-dealkylation sites (tertiary alicyclic amines) is 1. The molecule has 40 heavy (non-hydrogen) atoms. The first-order valence-corrected chi connectivity index (χ1v) is 13.2. The molecule has 2 aliphatic heterocycles. The highest BCUT2D eigenvalue weighted by atomic mass is 32.1. The molecule has 7 nitrogen and oxygen atoms in total. The molecule has 1 amide bonds. The average molecular weight is 593 g/mol. The topological polar surface area (TPSA) is 69.5 Å². The van der Waals surface area contributed by atoms with Crippen LogP contribution in [0.2, 0.25) is 0 Å². The van der Waals surface area contributed by atoms with Gasteiger partial charge in [-0.2, -0.15) is 18.3 Å². The summed E-state index contributed by atoms with van der Waals surface area (Å²) in [6.45, 7) is 0.0620. The number of carbonyl (C=O) groups excluding carboxylic acids is 1. The fourth-order valence-corrected chi connectivity index (χ4v) is 5.68. The summed E-state index contributed by atoms with van der Waals surface area (Å²) in [4.78, 5) is 18.8. The zero-order chi connectivity index (χ0) is 28.6. The molecule has 0 bridgehead atoms. The molecule has 216 valence electrons. The molecule has 1 aromatic carbocycles. The van der Waals surface area contributed by atoms with E-state index in [0.29, 0.717) is 53.5 Å². The van der Waals surface area contributed by atoms with Crippen molar-refractivity contribution in [3.8, 4) is 0 Å². The molecule has 5 rings (SSSR count). The Morgan fingerprint density at radius 2 is 1.73 bits per heavy atom. The highest BCUT2D eigenvalue weighted by Crippen LogP contribution is 2.36. The van der Waals surface area contributed by atoms with Crippen LogP contribution in [0, 0.1) is 0 Å². The number of amides is 1. The first-order valence-electron chi connectivity index (χ1n) is 12.3. The van der Waals surface area contributed by atoms with Crippen LogP contribution in [0.5, 0.6) is 0 Å². The fourth-order valence-electron chi connectivity index (χ4n) is 4.69. The molecule has 2 aromatic heterocycles. The van der Waals surface area contributed by atoms with Gasteiger partial charge in [-0.1, -0.05) is 6.07 Å². The zero-order valence-corrected chi connectivity index (χ0v) is 21.5.